The lowest BCUT2D eigenvalue weighted by Crippen LogP contribution is -2.21. The molecule has 0 radical (unpaired) electrons. The first-order valence-electron chi connectivity index (χ1n) is 10.4. The highest BCUT2D eigenvalue weighted by Gasteiger charge is 2.28. The molecule has 5 nitrogen and oxygen atoms in total. The third-order valence-corrected chi connectivity index (χ3v) is 4.95. The zero-order chi connectivity index (χ0) is 22.5. The zero-order valence-electron chi connectivity index (χ0n) is 17.9. The Morgan fingerprint density at radius 3 is 2.44 bits per heavy atom. The summed E-state index contributed by atoms with van der Waals surface area (Å²) in [6, 6.07) is 21.0. The lowest BCUT2D eigenvalue weighted by Gasteiger charge is -2.13. The standard InChI is InChI=1S/C26H23FN2O3/c1-3-31-25-16-20(11-14-24(25)32-17-19-9-12-21(27)13-10-19)15-23-18(2)28-29(26(23)30)22-7-5-4-6-8-22/h4-16H,3,17H2,1-2H3/b23-15+. The Balaban J connectivity index is 1.55. The topological polar surface area (TPSA) is 51.1 Å². The molecule has 0 fully saturated rings. The van der Waals surface area contributed by atoms with Crippen molar-refractivity contribution < 1.29 is 18.7 Å². The van der Waals surface area contributed by atoms with Crippen LogP contribution in [0.4, 0.5) is 10.1 Å². The fourth-order valence-corrected chi connectivity index (χ4v) is 3.34. The molecule has 1 amide bonds. The first kappa shape index (κ1) is 21.3. The van der Waals surface area contributed by atoms with Crippen LogP contribution in [-0.2, 0) is 11.4 Å². The number of carbonyl (C=O) groups excluding carboxylic acids is 1. The van der Waals surface area contributed by atoms with Crippen LogP contribution in [0.25, 0.3) is 6.08 Å². The number of hydrogen-bond acceptors (Lipinski definition) is 4. The second kappa shape index (κ2) is 9.47. The Bertz CT molecular complexity index is 1170. The van der Waals surface area contributed by atoms with E-state index in [9.17, 15) is 9.18 Å². The second-order valence-electron chi connectivity index (χ2n) is 7.25. The fraction of sp³-hybridized carbons (Fsp3) is 0.154. The van der Waals surface area contributed by atoms with Crippen molar-refractivity contribution in [3.63, 3.8) is 0 Å². The summed E-state index contributed by atoms with van der Waals surface area (Å²) >= 11 is 0. The molecule has 0 saturated carbocycles. The van der Waals surface area contributed by atoms with E-state index in [1.807, 2.05) is 62.4 Å². The molecule has 0 saturated heterocycles. The molecule has 0 aliphatic carbocycles. The number of para-hydroxylation sites is 1. The molecule has 0 atom stereocenters. The molecule has 0 aromatic heterocycles. The van der Waals surface area contributed by atoms with E-state index >= 15 is 0 Å². The molecule has 0 unspecified atom stereocenters. The molecule has 3 aromatic carbocycles. The molecule has 162 valence electrons. The van der Waals surface area contributed by atoms with E-state index in [-0.39, 0.29) is 18.3 Å². The van der Waals surface area contributed by atoms with Crippen molar-refractivity contribution in [2.45, 2.75) is 20.5 Å². The van der Waals surface area contributed by atoms with Crippen LogP contribution in [-0.4, -0.2) is 18.2 Å². The number of halogens is 1. The smallest absolute Gasteiger partial charge is 0.280 e. The summed E-state index contributed by atoms with van der Waals surface area (Å²) in [6.45, 7) is 4.46. The maximum absolute atomic E-state index is 13.1. The van der Waals surface area contributed by atoms with Crippen LogP contribution in [0.15, 0.2) is 83.5 Å². The molecular formula is C26H23FN2O3. The van der Waals surface area contributed by atoms with E-state index in [1.54, 1.807) is 18.2 Å². The maximum atomic E-state index is 13.1. The summed E-state index contributed by atoms with van der Waals surface area (Å²) in [7, 11) is 0. The van der Waals surface area contributed by atoms with Crippen molar-refractivity contribution in [3.8, 4) is 11.5 Å². The summed E-state index contributed by atoms with van der Waals surface area (Å²) in [4.78, 5) is 12.9. The number of nitrogens with zero attached hydrogens (tertiary/aromatic N) is 2. The number of carbonyl (C=O) groups is 1. The molecule has 1 heterocycles. The molecule has 1 aliphatic heterocycles. The number of anilines is 1. The molecule has 0 spiro atoms. The predicted molar refractivity (Wildman–Crippen MR) is 123 cm³/mol. The number of ether oxygens (including phenoxy) is 2. The normalized spacial score (nSPS) is 14.6. The van der Waals surface area contributed by atoms with Gasteiger partial charge in [0.1, 0.15) is 12.4 Å². The van der Waals surface area contributed by atoms with Gasteiger partial charge in [0.25, 0.3) is 5.91 Å². The highest BCUT2D eigenvalue weighted by atomic mass is 19.1. The fourth-order valence-electron chi connectivity index (χ4n) is 3.34. The third-order valence-electron chi connectivity index (χ3n) is 4.95. The lowest BCUT2D eigenvalue weighted by atomic mass is 10.1. The van der Waals surface area contributed by atoms with Gasteiger partial charge in [-0.3, -0.25) is 4.79 Å². The molecular weight excluding hydrogens is 407 g/mol. The van der Waals surface area contributed by atoms with Crippen LogP contribution >= 0.6 is 0 Å². The SMILES string of the molecule is CCOc1cc(/C=C2/C(=O)N(c3ccccc3)N=C2C)ccc1OCc1ccc(F)cc1. The number of benzene rings is 3. The molecule has 0 N–H and O–H groups in total. The van der Waals surface area contributed by atoms with Gasteiger partial charge >= 0.3 is 0 Å². The first-order chi connectivity index (χ1) is 15.5. The van der Waals surface area contributed by atoms with Crippen molar-refractivity contribution in [2.24, 2.45) is 5.10 Å². The van der Waals surface area contributed by atoms with E-state index in [2.05, 4.69) is 5.10 Å². The average Bonchev–Trinajstić information content (AvgIpc) is 3.09. The first-order valence-corrected chi connectivity index (χ1v) is 10.4. The number of amides is 1. The van der Waals surface area contributed by atoms with Gasteiger partial charge in [-0.05, 0) is 67.4 Å². The molecule has 6 heteroatoms. The monoisotopic (exact) mass is 430 g/mol. The van der Waals surface area contributed by atoms with Crippen LogP contribution in [0.1, 0.15) is 25.0 Å². The zero-order valence-corrected chi connectivity index (χ0v) is 17.9. The van der Waals surface area contributed by atoms with E-state index in [0.717, 1.165) is 16.8 Å². The molecule has 32 heavy (non-hydrogen) atoms. The Kier molecular flexibility index (Phi) is 6.31. The quantitative estimate of drug-likeness (QED) is 0.458. The summed E-state index contributed by atoms with van der Waals surface area (Å²) in [5.41, 5.74) is 3.55. The molecule has 4 rings (SSSR count). The van der Waals surface area contributed by atoms with Gasteiger partial charge in [0, 0.05) is 0 Å². The van der Waals surface area contributed by atoms with Crippen LogP contribution in [0.3, 0.4) is 0 Å². The van der Waals surface area contributed by atoms with E-state index in [4.69, 9.17) is 9.47 Å². The lowest BCUT2D eigenvalue weighted by molar-refractivity contribution is -0.114. The van der Waals surface area contributed by atoms with E-state index in [0.29, 0.717) is 29.4 Å². The second-order valence-corrected chi connectivity index (χ2v) is 7.25. The highest BCUT2D eigenvalue weighted by Crippen LogP contribution is 2.31. The van der Waals surface area contributed by atoms with Crippen LogP contribution in [0, 0.1) is 5.82 Å². The van der Waals surface area contributed by atoms with E-state index in [1.165, 1.54) is 17.1 Å². The Hall–Kier alpha value is -3.93. The largest absolute Gasteiger partial charge is 0.490 e. The van der Waals surface area contributed by atoms with Crippen molar-refractivity contribution in [2.75, 3.05) is 11.6 Å². The number of hydrazone groups is 1. The Morgan fingerprint density at radius 2 is 1.72 bits per heavy atom. The Labute approximate surface area is 186 Å². The highest BCUT2D eigenvalue weighted by molar-refractivity contribution is 6.32. The molecule has 0 bridgehead atoms. The molecule has 3 aromatic rings. The van der Waals surface area contributed by atoms with Gasteiger partial charge in [0.05, 0.1) is 23.6 Å². The van der Waals surface area contributed by atoms with E-state index < -0.39 is 0 Å². The number of rotatable bonds is 7. The van der Waals surface area contributed by atoms with Gasteiger partial charge < -0.3 is 9.47 Å². The van der Waals surface area contributed by atoms with Gasteiger partial charge in [0.15, 0.2) is 11.5 Å². The minimum atomic E-state index is -0.285. The summed E-state index contributed by atoms with van der Waals surface area (Å²) in [5.74, 6) is 0.687. The molecule has 1 aliphatic rings. The van der Waals surface area contributed by atoms with Gasteiger partial charge in [-0.25, -0.2) is 4.39 Å². The third kappa shape index (κ3) is 4.70. The maximum Gasteiger partial charge on any atom is 0.280 e. The van der Waals surface area contributed by atoms with Gasteiger partial charge in [-0.2, -0.15) is 10.1 Å². The van der Waals surface area contributed by atoms with Crippen LogP contribution in [0.5, 0.6) is 11.5 Å². The van der Waals surface area contributed by atoms with Crippen LogP contribution < -0.4 is 14.5 Å². The minimum absolute atomic E-state index is 0.178. The average molecular weight is 430 g/mol. The van der Waals surface area contributed by atoms with Crippen molar-refractivity contribution >= 4 is 23.4 Å². The van der Waals surface area contributed by atoms with Gasteiger partial charge in [0.2, 0.25) is 0 Å². The summed E-state index contributed by atoms with van der Waals surface area (Å²) in [5, 5.41) is 5.82. The predicted octanol–water partition coefficient (Wildman–Crippen LogP) is 5.61. The van der Waals surface area contributed by atoms with Crippen molar-refractivity contribution in [1.82, 2.24) is 0 Å². The minimum Gasteiger partial charge on any atom is -0.490 e. The van der Waals surface area contributed by atoms with Gasteiger partial charge in [-0.1, -0.05) is 36.4 Å². The summed E-state index contributed by atoms with van der Waals surface area (Å²) < 4.78 is 24.7. The Morgan fingerprint density at radius 1 is 0.969 bits per heavy atom. The van der Waals surface area contributed by atoms with Crippen LogP contribution in [0.2, 0.25) is 0 Å². The summed E-state index contributed by atoms with van der Waals surface area (Å²) in [6.07, 6.45) is 1.80. The number of hydrogen-bond donors (Lipinski definition) is 0. The van der Waals surface area contributed by atoms with Gasteiger partial charge in [-0.15, -0.1) is 0 Å². The van der Waals surface area contributed by atoms with Crippen molar-refractivity contribution in [3.05, 3.63) is 95.3 Å². The van der Waals surface area contributed by atoms with Crippen molar-refractivity contribution in [1.29, 1.82) is 0 Å².